The molecule has 1 aromatic heterocycles. The number of halogens is 3. The number of hydrogen-bond acceptors (Lipinski definition) is 4. The zero-order valence-corrected chi connectivity index (χ0v) is 11.6. The third-order valence-corrected chi connectivity index (χ3v) is 3.71. The van der Waals surface area contributed by atoms with Gasteiger partial charge in [0, 0.05) is 6.07 Å². The quantitative estimate of drug-likeness (QED) is 0.749. The molecule has 1 heterocycles. The predicted octanol–water partition coefficient (Wildman–Crippen LogP) is 3.08. The Morgan fingerprint density at radius 3 is 2.50 bits per heavy atom. The van der Waals surface area contributed by atoms with Crippen LogP contribution in [0.2, 0.25) is 0 Å². The summed E-state index contributed by atoms with van der Waals surface area (Å²) in [5.74, 6) is -2.51. The highest BCUT2D eigenvalue weighted by atomic mass is 32.2. The molecule has 9 heteroatoms. The summed E-state index contributed by atoms with van der Waals surface area (Å²) in [6, 6.07) is 5.14. The monoisotopic (exact) mass is 333 g/mol. The van der Waals surface area contributed by atoms with Crippen LogP contribution in [-0.2, 0) is 11.0 Å². The number of carbonyl (C=O) groups is 1. The number of thioether (sulfide) groups is 1. The molecule has 0 amide bonds. The van der Waals surface area contributed by atoms with Crippen molar-refractivity contribution in [2.24, 2.45) is 0 Å². The fourth-order valence-electron chi connectivity index (χ4n) is 1.79. The molecule has 0 aliphatic rings. The van der Waals surface area contributed by atoms with Crippen molar-refractivity contribution >= 4 is 17.7 Å². The number of aromatic nitrogens is 1. The normalized spacial score (nSPS) is 11.6. The van der Waals surface area contributed by atoms with E-state index < -0.39 is 29.5 Å². The highest BCUT2D eigenvalue weighted by Crippen LogP contribution is 2.39. The van der Waals surface area contributed by atoms with Gasteiger partial charge in [0.1, 0.15) is 0 Å². The average molecular weight is 333 g/mol. The second-order valence-electron chi connectivity index (χ2n) is 4.26. The van der Waals surface area contributed by atoms with Crippen molar-refractivity contribution in [1.82, 2.24) is 4.57 Å². The minimum Gasteiger partial charge on any atom is -0.494 e. The van der Waals surface area contributed by atoms with Crippen LogP contribution in [0.15, 0.2) is 35.2 Å². The smallest absolute Gasteiger partial charge is 0.416 e. The molecule has 0 atom stereocenters. The van der Waals surface area contributed by atoms with E-state index >= 15 is 0 Å². The lowest BCUT2D eigenvalue weighted by Crippen LogP contribution is -2.05. The molecule has 2 rings (SSSR count). The van der Waals surface area contributed by atoms with Gasteiger partial charge in [-0.25, -0.2) is 0 Å². The average Bonchev–Trinajstić information content (AvgIpc) is 2.70. The SMILES string of the molecule is O=C(O)CSc1cc(O)n(-c2cccc(C(F)(F)F)c2)c1O. The van der Waals surface area contributed by atoms with Crippen molar-refractivity contribution in [1.29, 1.82) is 0 Å². The molecule has 2 aromatic rings. The Kier molecular flexibility index (Phi) is 4.27. The first kappa shape index (κ1) is 16.1. The zero-order valence-electron chi connectivity index (χ0n) is 10.8. The third-order valence-electron chi connectivity index (χ3n) is 2.70. The second kappa shape index (κ2) is 5.84. The van der Waals surface area contributed by atoms with Gasteiger partial charge in [0.25, 0.3) is 0 Å². The fourth-order valence-corrected chi connectivity index (χ4v) is 2.47. The number of hydrogen-bond donors (Lipinski definition) is 3. The molecule has 0 fully saturated rings. The summed E-state index contributed by atoms with van der Waals surface area (Å²) >= 11 is 0.742. The van der Waals surface area contributed by atoms with Crippen LogP contribution in [-0.4, -0.2) is 31.6 Å². The molecular formula is C13H10F3NO4S. The Balaban J connectivity index is 2.43. The predicted molar refractivity (Wildman–Crippen MR) is 72.5 cm³/mol. The lowest BCUT2D eigenvalue weighted by molar-refractivity contribution is -0.137. The van der Waals surface area contributed by atoms with Crippen LogP contribution in [0.5, 0.6) is 11.8 Å². The van der Waals surface area contributed by atoms with E-state index in [0.717, 1.165) is 40.6 Å². The molecule has 0 radical (unpaired) electrons. The van der Waals surface area contributed by atoms with Crippen LogP contribution < -0.4 is 0 Å². The van der Waals surface area contributed by atoms with Gasteiger partial charge in [0.2, 0.25) is 5.88 Å². The van der Waals surface area contributed by atoms with Crippen LogP contribution in [0.3, 0.4) is 0 Å². The van der Waals surface area contributed by atoms with Crippen molar-refractivity contribution < 1.29 is 33.3 Å². The first-order valence-corrected chi connectivity index (χ1v) is 6.84. The summed E-state index contributed by atoms with van der Waals surface area (Å²) in [5, 5.41) is 28.4. The Labute approximate surface area is 126 Å². The number of rotatable bonds is 4. The van der Waals surface area contributed by atoms with Gasteiger partial charge < -0.3 is 15.3 Å². The number of alkyl halides is 3. The minimum atomic E-state index is -4.56. The van der Waals surface area contributed by atoms with Crippen LogP contribution in [0.1, 0.15) is 5.56 Å². The standard InChI is InChI=1S/C13H10F3NO4S/c14-13(15,16)7-2-1-3-8(4-7)17-10(18)5-9(12(17)21)22-6-11(19)20/h1-5,18,21H,6H2,(H,19,20). The first-order chi connectivity index (χ1) is 10.2. The maximum absolute atomic E-state index is 12.7. The van der Waals surface area contributed by atoms with E-state index in [1.54, 1.807) is 0 Å². The Hall–Kier alpha value is -2.29. The Morgan fingerprint density at radius 2 is 1.91 bits per heavy atom. The second-order valence-corrected chi connectivity index (χ2v) is 5.27. The lowest BCUT2D eigenvalue weighted by atomic mass is 10.2. The van der Waals surface area contributed by atoms with Crippen LogP contribution in [0, 0.1) is 0 Å². The van der Waals surface area contributed by atoms with E-state index in [9.17, 15) is 28.2 Å². The van der Waals surface area contributed by atoms with Gasteiger partial charge in [-0.1, -0.05) is 6.07 Å². The molecule has 0 saturated heterocycles. The molecule has 0 spiro atoms. The summed E-state index contributed by atoms with van der Waals surface area (Å²) in [4.78, 5) is 10.6. The van der Waals surface area contributed by atoms with Gasteiger partial charge in [-0.2, -0.15) is 13.2 Å². The van der Waals surface area contributed by atoms with E-state index in [1.165, 1.54) is 6.07 Å². The molecule has 5 nitrogen and oxygen atoms in total. The Morgan fingerprint density at radius 1 is 1.23 bits per heavy atom. The summed E-state index contributed by atoms with van der Waals surface area (Å²) in [5.41, 5.74) is -1.02. The van der Waals surface area contributed by atoms with Crippen molar-refractivity contribution in [3.05, 3.63) is 35.9 Å². The first-order valence-electron chi connectivity index (χ1n) is 5.86. The van der Waals surface area contributed by atoms with Crippen LogP contribution >= 0.6 is 11.8 Å². The number of nitrogens with zero attached hydrogens (tertiary/aromatic N) is 1. The summed E-state index contributed by atoms with van der Waals surface area (Å²) in [6.45, 7) is 0. The van der Waals surface area contributed by atoms with Gasteiger partial charge in [0.05, 0.1) is 21.9 Å². The molecule has 3 N–H and O–H groups in total. The maximum Gasteiger partial charge on any atom is 0.416 e. The van der Waals surface area contributed by atoms with Gasteiger partial charge in [0.15, 0.2) is 5.88 Å². The summed E-state index contributed by atoms with van der Waals surface area (Å²) < 4.78 is 38.9. The maximum atomic E-state index is 12.7. The molecule has 22 heavy (non-hydrogen) atoms. The van der Waals surface area contributed by atoms with Crippen molar-refractivity contribution in [2.45, 2.75) is 11.1 Å². The lowest BCUT2D eigenvalue weighted by Gasteiger charge is -2.11. The van der Waals surface area contributed by atoms with Crippen molar-refractivity contribution in [3.8, 4) is 17.4 Å². The van der Waals surface area contributed by atoms with Crippen LogP contribution in [0.4, 0.5) is 13.2 Å². The number of carboxylic acids is 1. The number of carboxylic acid groups (broad SMARTS) is 1. The highest BCUT2D eigenvalue weighted by molar-refractivity contribution is 8.00. The van der Waals surface area contributed by atoms with E-state index in [2.05, 4.69) is 0 Å². The number of aliphatic carboxylic acids is 1. The van der Waals surface area contributed by atoms with E-state index in [-0.39, 0.29) is 16.3 Å². The fraction of sp³-hybridized carbons (Fsp3) is 0.154. The molecule has 0 aliphatic carbocycles. The van der Waals surface area contributed by atoms with Crippen LogP contribution in [0.25, 0.3) is 5.69 Å². The van der Waals surface area contributed by atoms with E-state index in [0.29, 0.717) is 0 Å². The van der Waals surface area contributed by atoms with Crippen molar-refractivity contribution in [3.63, 3.8) is 0 Å². The van der Waals surface area contributed by atoms with E-state index in [1.807, 2.05) is 0 Å². The van der Waals surface area contributed by atoms with Gasteiger partial charge in [-0.3, -0.25) is 9.36 Å². The van der Waals surface area contributed by atoms with Crippen molar-refractivity contribution in [2.75, 3.05) is 5.75 Å². The molecular weight excluding hydrogens is 323 g/mol. The molecule has 0 bridgehead atoms. The third kappa shape index (κ3) is 3.30. The van der Waals surface area contributed by atoms with Gasteiger partial charge in [-0.05, 0) is 18.2 Å². The van der Waals surface area contributed by atoms with Gasteiger partial charge in [-0.15, -0.1) is 11.8 Å². The van der Waals surface area contributed by atoms with Gasteiger partial charge >= 0.3 is 12.1 Å². The highest BCUT2D eigenvalue weighted by Gasteiger charge is 2.31. The minimum absolute atomic E-state index is 0.0531. The summed E-state index contributed by atoms with van der Waals surface area (Å²) in [7, 11) is 0. The molecule has 1 aromatic carbocycles. The Bertz CT molecular complexity index is 712. The molecule has 118 valence electrons. The molecule has 0 aliphatic heterocycles. The molecule has 0 unspecified atom stereocenters. The van der Waals surface area contributed by atoms with E-state index in [4.69, 9.17) is 5.11 Å². The number of benzene rings is 1. The summed E-state index contributed by atoms with van der Waals surface area (Å²) in [6.07, 6.45) is -4.56. The largest absolute Gasteiger partial charge is 0.494 e. The topological polar surface area (TPSA) is 82.7 Å². The number of aromatic hydroxyl groups is 2. The zero-order chi connectivity index (χ0) is 16.5. The molecule has 0 saturated carbocycles.